The largest absolute Gasteiger partial charge is 0.389 e. The summed E-state index contributed by atoms with van der Waals surface area (Å²) < 4.78 is 4.82. The molecule has 0 aliphatic carbocycles. The number of ether oxygens (including phenoxy) is 1. The lowest BCUT2D eigenvalue weighted by atomic mass is 10.2. The second-order valence-electron chi connectivity index (χ2n) is 4.89. The molecule has 1 unspecified atom stereocenters. The molecule has 0 fully saturated rings. The number of H-pyrrole nitrogens is 1. The van der Waals surface area contributed by atoms with Crippen molar-refractivity contribution in [2.75, 3.05) is 27.3 Å². The van der Waals surface area contributed by atoms with E-state index in [2.05, 4.69) is 4.98 Å². The Kier molecular flexibility index (Phi) is 4.72. The summed E-state index contributed by atoms with van der Waals surface area (Å²) in [6.07, 6.45) is -0.767. The van der Waals surface area contributed by atoms with E-state index < -0.39 is 6.10 Å². The molecule has 1 aromatic heterocycles. The molecule has 1 atom stereocenters. The Hall–Kier alpha value is -2.18. The van der Waals surface area contributed by atoms with Crippen molar-refractivity contribution in [2.24, 2.45) is 0 Å². The summed E-state index contributed by atoms with van der Waals surface area (Å²) in [7, 11) is 3.04. The molecule has 2 N–H and O–H groups in total. The topological polar surface area (TPSA) is 82.6 Å². The average molecular weight is 290 g/mol. The molecule has 0 spiro atoms. The van der Waals surface area contributed by atoms with Crippen LogP contribution in [0.5, 0.6) is 0 Å². The lowest BCUT2D eigenvalue weighted by Gasteiger charge is -2.20. The maximum atomic E-state index is 12.3. The number of nitrogens with one attached hydrogen (secondary N) is 1. The number of methoxy groups -OCH3 is 1. The predicted molar refractivity (Wildman–Crippen MR) is 79.4 cm³/mol. The van der Waals surface area contributed by atoms with Crippen LogP contribution in [0.2, 0.25) is 0 Å². The minimum Gasteiger partial charge on any atom is -0.389 e. The van der Waals surface area contributed by atoms with E-state index in [1.165, 1.54) is 18.1 Å². The number of pyridine rings is 1. The predicted octanol–water partition coefficient (Wildman–Crippen LogP) is 0.607. The first kappa shape index (κ1) is 15.2. The summed E-state index contributed by atoms with van der Waals surface area (Å²) in [4.78, 5) is 28.6. The number of aromatic amines is 1. The molecular formula is C15H18N2O4. The summed E-state index contributed by atoms with van der Waals surface area (Å²) in [5, 5.41) is 10.2. The minimum absolute atomic E-state index is 0.127. The maximum absolute atomic E-state index is 12.3. The Labute approximate surface area is 122 Å². The Bertz CT molecular complexity index is 695. The highest BCUT2D eigenvalue weighted by atomic mass is 16.5. The van der Waals surface area contributed by atoms with E-state index in [1.54, 1.807) is 31.3 Å². The molecule has 1 amide bonds. The SMILES string of the molecule is COCC(O)CN(C)C(=O)c1cc(=O)c2ccccc2[nH]1. The van der Waals surface area contributed by atoms with Gasteiger partial charge in [0.05, 0.1) is 12.7 Å². The van der Waals surface area contributed by atoms with Gasteiger partial charge in [-0.2, -0.15) is 0 Å². The van der Waals surface area contributed by atoms with Crippen LogP contribution in [0.25, 0.3) is 10.9 Å². The van der Waals surface area contributed by atoms with Crippen LogP contribution in [0, 0.1) is 0 Å². The van der Waals surface area contributed by atoms with Crippen molar-refractivity contribution in [3.63, 3.8) is 0 Å². The van der Waals surface area contributed by atoms with Crippen molar-refractivity contribution in [1.82, 2.24) is 9.88 Å². The lowest BCUT2D eigenvalue weighted by molar-refractivity contribution is 0.0378. The number of hydrogen-bond donors (Lipinski definition) is 2. The summed E-state index contributed by atoms with van der Waals surface area (Å²) in [6, 6.07) is 8.29. The highest BCUT2D eigenvalue weighted by molar-refractivity contribution is 5.94. The van der Waals surface area contributed by atoms with Crippen molar-refractivity contribution in [3.05, 3.63) is 46.2 Å². The van der Waals surface area contributed by atoms with Gasteiger partial charge < -0.3 is 19.7 Å². The molecule has 21 heavy (non-hydrogen) atoms. The van der Waals surface area contributed by atoms with Gasteiger partial charge in [0, 0.05) is 37.7 Å². The van der Waals surface area contributed by atoms with Crippen LogP contribution < -0.4 is 5.43 Å². The highest BCUT2D eigenvalue weighted by Crippen LogP contribution is 2.08. The fourth-order valence-electron chi connectivity index (χ4n) is 2.16. The average Bonchev–Trinajstić information content (AvgIpc) is 2.46. The van der Waals surface area contributed by atoms with E-state index in [9.17, 15) is 14.7 Å². The summed E-state index contributed by atoms with van der Waals surface area (Å²) >= 11 is 0. The van der Waals surface area contributed by atoms with Crippen LogP contribution in [0.4, 0.5) is 0 Å². The van der Waals surface area contributed by atoms with Gasteiger partial charge in [-0.3, -0.25) is 9.59 Å². The number of carbonyl (C=O) groups is 1. The highest BCUT2D eigenvalue weighted by Gasteiger charge is 2.17. The second kappa shape index (κ2) is 6.51. The normalized spacial score (nSPS) is 12.3. The first-order chi connectivity index (χ1) is 10.0. The monoisotopic (exact) mass is 290 g/mol. The van der Waals surface area contributed by atoms with Crippen LogP contribution in [0.15, 0.2) is 35.1 Å². The number of aliphatic hydroxyl groups is 1. The minimum atomic E-state index is -0.767. The number of benzene rings is 1. The van der Waals surface area contributed by atoms with Crippen LogP contribution in [-0.2, 0) is 4.74 Å². The standard InChI is InChI=1S/C15H18N2O4/c1-17(8-10(18)9-21-2)15(20)13-7-14(19)11-5-3-4-6-12(11)16-13/h3-7,10,18H,8-9H2,1-2H3,(H,16,19). The first-order valence-electron chi connectivity index (χ1n) is 6.57. The van der Waals surface area contributed by atoms with Crippen molar-refractivity contribution in [2.45, 2.75) is 6.10 Å². The van der Waals surface area contributed by atoms with Gasteiger partial charge in [0.25, 0.3) is 5.91 Å². The van der Waals surface area contributed by atoms with Crippen molar-refractivity contribution in [3.8, 4) is 0 Å². The molecule has 2 rings (SSSR count). The molecule has 0 aliphatic rings. The van der Waals surface area contributed by atoms with E-state index in [4.69, 9.17) is 4.74 Å². The number of para-hydroxylation sites is 1. The zero-order chi connectivity index (χ0) is 15.4. The zero-order valence-electron chi connectivity index (χ0n) is 12.0. The number of aliphatic hydroxyl groups excluding tert-OH is 1. The van der Waals surface area contributed by atoms with E-state index in [-0.39, 0.29) is 30.2 Å². The van der Waals surface area contributed by atoms with Gasteiger partial charge in [0.2, 0.25) is 0 Å². The van der Waals surface area contributed by atoms with Gasteiger partial charge in [-0.25, -0.2) is 0 Å². The lowest BCUT2D eigenvalue weighted by Crippen LogP contribution is -2.37. The summed E-state index contributed by atoms with van der Waals surface area (Å²) in [6.45, 7) is 0.271. The molecule has 0 aliphatic heterocycles. The van der Waals surface area contributed by atoms with Gasteiger partial charge in [-0.05, 0) is 12.1 Å². The molecule has 2 aromatic rings. The van der Waals surface area contributed by atoms with Gasteiger partial charge in [0.1, 0.15) is 5.69 Å². The Morgan fingerprint density at radius 1 is 1.43 bits per heavy atom. The fourth-order valence-corrected chi connectivity index (χ4v) is 2.16. The van der Waals surface area contributed by atoms with Crippen molar-refractivity contribution >= 4 is 16.8 Å². The van der Waals surface area contributed by atoms with Crippen molar-refractivity contribution < 1.29 is 14.6 Å². The summed E-state index contributed by atoms with van der Waals surface area (Å²) in [5.74, 6) is -0.354. The van der Waals surface area contributed by atoms with Crippen LogP contribution >= 0.6 is 0 Å². The van der Waals surface area contributed by atoms with Crippen LogP contribution in [0.1, 0.15) is 10.5 Å². The quantitative estimate of drug-likeness (QED) is 0.845. The third kappa shape index (κ3) is 3.48. The Balaban J connectivity index is 2.25. The van der Waals surface area contributed by atoms with E-state index in [0.717, 1.165) is 0 Å². The number of aromatic nitrogens is 1. The molecule has 0 bridgehead atoms. The van der Waals surface area contributed by atoms with Crippen molar-refractivity contribution in [1.29, 1.82) is 0 Å². The molecule has 0 radical (unpaired) electrons. The Morgan fingerprint density at radius 3 is 2.86 bits per heavy atom. The number of fused-ring (bicyclic) bond motifs is 1. The van der Waals surface area contributed by atoms with Crippen LogP contribution in [-0.4, -0.2) is 54.3 Å². The Morgan fingerprint density at radius 2 is 2.14 bits per heavy atom. The molecular weight excluding hydrogens is 272 g/mol. The van der Waals surface area contributed by atoms with Gasteiger partial charge in [0.15, 0.2) is 5.43 Å². The van der Waals surface area contributed by atoms with Gasteiger partial charge in [-0.15, -0.1) is 0 Å². The fraction of sp³-hybridized carbons (Fsp3) is 0.333. The van der Waals surface area contributed by atoms with Crippen LogP contribution in [0.3, 0.4) is 0 Å². The molecule has 6 heteroatoms. The summed E-state index contributed by atoms with van der Waals surface area (Å²) in [5.41, 5.74) is 0.601. The van der Waals surface area contributed by atoms with E-state index in [1.807, 2.05) is 0 Å². The number of hydrogen-bond acceptors (Lipinski definition) is 4. The van der Waals surface area contributed by atoms with E-state index in [0.29, 0.717) is 10.9 Å². The molecule has 112 valence electrons. The van der Waals surface area contributed by atoms with E-state index >= 15 is 0 Å². The molecule has 1 heterocycles. The number of carbonyl (C=O) groups excluding carboxylic acids is 1. The molecule has 0 saturated carbocycles. The number of rotatable bonds is 5. The third-order valence-electron chi connectivity index (χ3n) is 3.16. The number of amides is 1. The van der Waals surface area contributed by atoms with Gasteiger partial charge >= 0.3 is 0 Å². The van der Waals surface area contributed by atoms with Gasteiger partial charge in [-0.1, -0.05) is 12.1 Å². The molecule has 1 aromatic carbocycles. The first-order valence-corrected chi connectivity index (χ1v) is 6.57. The number of likely N-dealkylation sites (N-methyl/N-ethyl adjacent to an activating group) is 1. The second-order valence-corrected chi connectivity index (χ2v) is 4.89. The number of nitrogens with zero attached hydrogens (tertiary/aromatic N) is 1. The smallest absolute Gasteiger partial charge is 0.270 e. The molecule has 6 nitrogen and oxygen atoms in total. The zero-order valence-corrected chi connectivity index (χ0v) is 12.0. The molecule has 0 saturated heterocycles. The third-order valence-corrected chi connectivity index (χ3v) is 3.16. The maximum Gasteiger partial charge on any atom is 0.270 e.